The molecule has 3 aromatic rings. The fourth-order valence-electron chi connectivity index (χ4n) is 3.05. The van der Waals surface area contributed by atoms with Crippen LogP contribution in [0.15, 0.2) is 29.1 Å². The van der Waals surface area contributed by atoms with Crippen LogP contribution in [0.1, 0.15) is 10.4 Å². The first-order valence-corrected chi connectivity index (χ1v) is 8.89. The summed E-state index contributed by atoms with van der Waals surface area (Å²) in [6.45, 7) is 1.84. The highest BCUT2D eigenvalue weighted by Gasteiger charge is 2.22. The van der Waals surface area contributed by atoms with Gasteiger partial charge < -0.3 is 9.88 Å². The van der Waals surface area contributed by atoms with Crippen LogP contribution < -0.4 is 5.56 Å². The Morgan fingerprint density at radius 2 is 2.22 bits per heavy atom. The van der Waals surface area contributed by atoms with Gasteiger partial charge in [-0.3, -0.25) is 9.36 Å². The van der Waals surface area contributed by atoms with Gasteiger partial charge >= 0.3 is 0 Å². The molecule has 2 aromatic heterocycles. The van der Waals surface area contributed by atoms with Crippen molar-refractivity contribution in [1.29, 1.82) is 0 Å². The van der Waals surface area contributed by atoms with Crippen LogP contribution in [0, 0.1) is 4.77 Å². The maximum absolute atomic E-state index is 13.1. The number of nitrogens with zero attached hydrogens (tertiary/aromatic N) is 2. The van der Waals surface area contributed by atoms with Gasteiger partial charge in [-0.15, -0.1) is 11.3 Å². The van der Waals surface area contributed by atoms with Crippen molar-refractivity contribution in [3.05, 3.63) is 54.9 Å². The summed E-state index contributed by atoms with van der Waals surface area (Å²) in [7, 11) is 2.10. The molecule has 1 N–H and O–H groups in total. The summed E-state index contributed by atoms with van der Waals surface area (Å²) in [6, 6.07) is 7.20. The molecule has 7 heteroatoms. The van der Waals surface area contributed by atoms with Gasteiger partial charge in [0.2, 0.25) is 0 Å². The number of halogens is 1. The highest BCUT2D eigenvalue weighted by atomic mass is 35.5. The van der Waals surface area contributed by atoms with E-state index in [2.05, 4.69) is 16.9 Å². The second kappa shape index (κ2) is 5.56. The molecule has 0 atom stereocenters. The van der Waals surface area contributed by atoms with Gasteiger partial charge in [0.1, 0.15) is 4.83 Å². The number of fused-ring (bicyclic) bond motifs is 3. The largest absolute Gasteiger partial charge is 0.323 e. The average Bonchev–Trinajstić information content (AvgIpc) is 2.84. The Morgan fingerprint density at radius 1 is 1.39 bits per heavy atom. The van der Waals surface area contributed by atoms with Crippen molar-refractivity contribution in [2.24, 2.45) is 0 Å². The molecule has 0 fully saturated rings. The van der Waals surface area contributed by atoms with Crippen LogP contribution in [-0.2, 0) is 13.0 Å². The van der Waals surface area contributed by atoms with Crippen LogP contribution in [-0.4, -0.2) is 28.0 Å². The number of thiophene rings is 1. The third-order valence-corrected chi connectivity index (χ3v) is 5.81. The molecule has 0 saturated carbocycles. The first-order valence-electron chi connectivity index (χ1n) is 7.28. The number of aromatic nitrogens is 2. The second-order valence-electron chi connectivity index (χ2n) is 5.75. The van der Waals surface area contributed by atoms with E-state index in [1.54, 1.807) is 23.5 Å². The lowest BCUT2D eigenvalue weighted by atomic mass is 10.1. The van der Waals surface area contributed by atoms with E-state index in [4.69, 9.17) is 23.8 Å². The normalized spacial score (nSPS) is 15.0. The maximum Gasteiger partial charge on any atom is 0.267 e. The van der Waals surface area contributed by atoms with Gasteiger partial charge in [0.15, 0.2) is 4.77 Å². The minimum absolute atomic E-state index is 0.0620. The molecule has 4 nitrogen and oxygen atoms in total. The Kier molecular flexibility index (Phi) is 3.65. The van der Waals surface area contributed by atoms with Crippen LogP contribution in [0.25, 0.3) is 15.9 Å². The van der Waals surface area contributed by atoms with E-state index in [-0.39, 0.29) is 5.56 Å². The van der Waals surface area contributed by atoms with Crippen molar-refractivity contribution in [2.75, 3.05) is 13.6 Å². The van der Waals surface area contributed by atoms with Gasteiger partial charge in [-0.25, -0.2) is 0 Å². The number of benzene rings is 1. The predicted octanol–water partition coefficient (Wildman–Crippen LogP) is 3.75. The highest BCUT2D eigenvalue weighted by Crippen LogP contribution is 2.32. The van der Waals surface area contributed by atoms with E-state index in [1.165, 1.54) is 9.44 Å². The molecule has 23 heavy (non-hydrogen) atoms. The summed E-state index contributed by atoms with van der Waals surface area (Å²) < 4.78 is 1.94. The average molecular weight is 364 g/mol. The summed E-state index contributed by atoms with van der Waals surface area (Å²) in [4.78, 5) is 20.7. The molecule has 0 saturated heterocycles. The maximum atomic E-state index is 13.1. The third kappa shape index (κ3) is 2.46. The Hall–Kier alpha value is -1.47. The minimum Gasteiger partial charge on any atom is -0.323 e. The van der Waals surface area contributed by atoms with Gasteiger partial charge in [0, 0.05) is 23.0 Å². The fraction of sp³-hybridized carbons (Fsp3) is 0.250. The SMILES string of the molecule is CN1CCc2c(sc3[nH]c(=S)n(-c4cccc(Cl)c4)c(=O)c23)C1. The molecule has 0 unspecified atom stereocenters. The molecule has 1 aliphatic rings. The van der Waals surface area contributed by atoms with Crippen LogP contribution in [0.4, 0.5) is 0 Å². The van der Waals surface area contributed by atoms with Crippen molar-refractivity contribution < 1.29 is 0 Å². The number of nitrogens with one attached hydrogen (secondary N) is 1. The minimum atomic E-state index is -0.0620. The van der Waals surface area contributed by atoms with Crippen LogP contribution in [0.5, 0.6) is 0 Å². The summed E-state index contributed by atoms with van der Waals surface area (Å²) in [5.74, 6) is 0. The van der Waals surface area contributed by atoms with Crippen LogP contribution in [0.3, 0.4) is 0 Å². The lowest BCUT2D eigenvalue weighted by molar-refractivity contribution is 0.318. The van der Waals surface area contributed by atoms with E-state index < -0.39 is 0 Å². The summed E-state index contributed by atoms with van der Waals surface area (Å²) in [5.41, 5.74) is 1.79. The third-order valence-electron chi connectivity index (χ3n) is 4.15. The Labute approximate surface area is 146 Å². The van der Waals surface area contributed by atoms with Crippen molar-refractivity contribution in [1.82, 2.24) is 14.5 Å². The van der Waals surface area contributed by atoms with Gasteiger partial charge in [-0.1, -0.05) is 17.7 Å². The number of hydrogen-bond acceptors (Lipinski definition) is 4. The summed E-state index contributed by atoms with van der Waals surface area (Å²) in [5, 5.41) is 1.35. The van der Waals surface area contributed by atoms with Crippen LogP contribution >= 0.6 is 35.2 Å². The lowest BCUT2D eigenvalue weighted by Gasteiger charge is -2.21. The predicted molar refractivity (Wildman–Crippen MR) is 97.7 cm³/mol. The van der Waals surface area contributed by atoms with E-state index in [9.17, 15) is 4.79 Å². The quantitative estimate of drug-likeness (QED) is 0.669. The fourth-order valence-corrected chi connectivity index (χ4v) is 4.91. The van der Waals surface area contributed by atoms with Crippen molar-refractivity contribution in [2.45, 2.75) is 13.0 Å². The van der Waals surface area contributed by atoms with Gasteiger partial charge in [0.25, 0.3) is 5.56 Å². The molecule has 0 bridgehead atoms. The number of hydrogen-bond donors (Lipinski definition) is 1. The van der Waals surface area contributed by atoms with Crippen molar-refractivity contribution in [3.8, 4) is 5.69 Å². The molecule has 0 radical (unpaired) electrons. The molecule has 0 spiro atoms. The molecule has 3 heterocycles. The van der Waals surface area contributed by atoms with E-state index in [0.717, 1.165) is 35.3 Å². The Balaban J connectivity index is 2.04. The Morgan fingerprint density at radius 3 is 3.00 bits per heavy atom. The zero-order valence-corrected chi connectivity index (χ0v) is 14.8. The summed E-state index contributed by atoms with van der Waals surface area (Å²) in [6.07, 6.45) is 0.890. The van der Waals surface area contributed by atoms with Gasteiger partial charge in [-0.05, 0) is 49.4 Å². The number of aromatic amines is 1. The topological polar surface area (TPSA) is 41.0 Å². The molecule has 118 valence electrons. The first kappa shape index (κ1) is 15.1. The van der Waals surface area contributed by atoms with Crippen molar-refractivity contribution in [3.63, 3.8) is 0 Å². The molecule has 0 aliphatic carbocycles. The smallest absolute Gasteiger partial charge is 0.267 e. The molecular formula is C16H14ClN3OS2. The zero-order valence-electron chi connectivity index (χ0n) is 12.4. The zero-order chi connectivity index (χ0) is 16.1. The monoisotopic (exact) mass is 363 g/mol. The molecule has 1 aromatic carbocycles. The van der Waals surface area contributed by atoms with Crippen LogP contribution in [0.2, 0.25) is 5.02 Å². The standard InChI is InChI=1S/C16H14ClN3OS2/c1-19-6-5-11-12(8-19)23-14-13(11)15(21)20(16(22)18-14)10-4-2-3-9(17)7-10/h2-4,7H,5-6,8H2,1H3,(H,18,22). The molecule has 0 amide bonds. The lowest BCUT2D eigenvalue weighted by Crippen LogP contribution is -2.27. The molecule has 4 rings (SSSR count). The van der Waals surface area contributed by atoms with E-state index >= 15 is 0 Å². The molecular weight excluding hydrogens is 350 g/mol. The van der Waals surface area contributed by atoms with Crippen molar-refractivity contribution >= 4 is 45.4 Å². The number of rotatable bonds is 1. The molecule has 1 aliphatic heterocycles. The Bertz CT molecular complexity index is 1030. The van der Waals surface area contributed by atoms with E-state index in [0.29, 0.717) is 15.5 Å². The van der Waals surface area contributed by atoms with Gasteiger partial charge in [0.05, 0.1) is 11.1 Å². The number of H-pyrrole nitrogens is 1. The van der Waals surface area contributed by atoms with E-state index in [1.807, 2.05) is 12.1 Å². The first-order chi connectivity index (χ1) is 11.0. The van der Waals surface area contributed by atoms with Gasteiger partial charge in [-0.2, -0.15) is 0 Å². The highest BCUT2D eigenvalue weighted by molar-refractivity contribution is 7.71. The second-order valence-corrected chi connectivity index (χ2v) is 7.67. The number of likely N-dealkylation sites (N-methyl/N-ethyl adjacent to an activating group) is 1. The summed E-state index contributed by atoms with van der Waals surface area (Å²) >= 11 is 13.1.